The molecule has 13 atom stereocenters. The molecule has 0 aliphatic carbocycles. The predicted octanol–water partition coefficient (Wildman–Crippen LogP) is -2.52. The van der Waals surface area contributed by atoms with E-state index in [1.54, 1.807) is 78.1 Å². The number of carboxylic acid groups (broad SMARTS) is 1. The van der Waals surface area contributed by atoms with Crippen LogP contribution in [0.15, 0.2) is 30.3 Å². The number of thioether (sulfide) groups is 1. The normalized spacial score (nSPS) is 15.7. The summed E-state index contributed by atoms with van der Waals surface area (Å²) < 4.78 is 0. The third-order valence-electron chi connectivity index (χ3n) is 13.5. The summed E-state index contributed by atoms with van der Waals surface area (Å²) in [7, 11) is 0. The van der Waals surface area contributed by atoms with E-state index in [4.69, 9.17) is 5.73 Å². The van der Waals surface area contributed by atoms with Crippen molar-refractivity contribution in [2.24, 2.45) is 29.4 Å². The first kappa shape index (κ1) is 79.6. The van der Waals surface area contributed by atoms with Crippen molar-refractivity contribution in [1.29, 1.82) is 0 Å². The number of aliphatic hydroxyl groups excluding tert-OH is 2. The molecule has 1 aromatic rings. The monoisotopic (exact) mass is 1280 g/mol. The molecule has 89 heavy (non-hydrogen) atoms. The van der Waals surface area contributed by atoms with Gasteiger partial charge in [-0.1, -0.05) is 85.7 Å². The first-order valence-electron chi connectivity index (χ1n) is 29.9. The Balaban J connectivity index is 3.11. The summed E-state index contributed by atoms with van der Waals surface area (Å²) >= 11 is 1.36. The molecule has 0 saturated carbocycles. The summed E-state index contributed by atoms with van der Waals surface area (Å²) in [5.41, 5.74) is 6.20. The van der Waals surface area contributed by atoms with E-state index >= 15 is 0 Å². The fourth-order valence-corrected chi connectivity index (χ4v) is 9.07. The SMILES string of the molecule is CSCC[C@H](NC(=O)[C@@H](NC(=O)[C@@H](N)CO)[C@@H](C)O)C(=O)N[C@@H](CC(C)C)C(=O)N[C@@H](C)C(=O)NCC(=O)N[C@@H](CC(C)C)C(=O)N[C@@H](C)C(=O)N[C@@H](C)C(=O)N[C@@H](CC(C)C)C(=O)N[C@@H](Cc1ccccc1)C(=O)N[C@@H](CC(C)C)C(=O)N[C@@H](C)C(=O)O. The lowest BCUT2D eigenvalue weighted by atomic mass is 9.99. The first-order valence-corrected chi connectivity index (χ1v) is 31.3. The number of aliphatic carboxylic acids is 1. The molecule has 0 unspecified atom stereocenters. The van der Waals surface area contributed by atoms with Crippen molar-refractivity contribution in [2.75, 3.05) is 25.2 Å². The summed E-state index contributed by atoms with van der Waals surface area (Å²) in [4.78, 5) is 173. The maximum Gasteiger partial charge on any atom is 0.325 e. The summed E-state index contributed by atoms with van der Waals surface area (Å²) in [6.07, 6.45) is 0.770. The molecule has 0 saturated heterocycles. The summed E-state index contributed by atoms with van der Waals surface area (Å²) in [6, 6.07) is -6.68. The zero-order valence-corrected chi connectivity index (χ0v) is 54.5. The van der Waals surface area contributed by atoms with Crippen LogP contribution in [0.1, 0.15) is 128 Å². The highest BCUT2D eigenvalue weighted by molar-refractivity contribution is 7.98. The third-order valence-corrected chi connectivity index (χ3v) is 14.2. The van der Waals surface area contributed by atoms with E-state index in [1.807, 2.05) is 13.8 Å². The Morgan fingerprint density at radius 2 is 0.798 bits per heavy atom. The average molecular weight is 1280 g/mol. The quantitative estimate of drug-likeness (QED) is 0.0322. The molecule has 29 nitrogen and oxygen atoms in total. The second kappa shape index (κ2) is 40.2. The highest BCUT2D eigenvalue weighted by atomic mass is 32.2. The zero-order chi connectivity index (χ0) is 68.0. The number of carbonyl (C=O) groups excluding carboxylic acids is 12. The Bertz CT molecular complexity index is 2540. The van der Waals surface area contributed by atoms with E-state index in [1.165, 1.54) is 46.4 Å². The van der Waals surface area contributed by atoms with Crippen molar-refractivity contribution in [3.63, 3.8) is 0 Å². The highest BCUT2D eigenvalue weighted by Gasteiger charge is 2.36. The number of carboxylic acids is 1. The smallest absolute Gasteiger partial charge is 0.325 e. The second-order valence-corrected chi connectivity index (χ2v) is 24.9. The molecule has 17 N–H and O–H groups in total. The highest BCUT2D eigenvalue weighted by Crippen LogP contribution is 2.13. The summed E-state index contributed by atoms with van der Waals surface area (Å²) in [6.45, 7) is 19.5. The predicted molar refractivity (Wildman–Crippen MR) is 332 cm³/mol. The van der Waals surface area contributed by atoms with Crippen LogP contribution in [-0.2, 0) is 68.7 Å². The van der Waals surface area contributed by atoms with Crippen molar-refractivity contribution >= 4 is 88.6 Å². The Hall–Kier alpha value is -7.44. The van der Waals surface area contributed by atoms with Crippen molar-refractivity contribution in [1.82, 2.24) is 63.8 Å². The number of carbonyl (C=O) groups is 13. The van der Waals surface area contributed by atoms with Crippen LogP contribution >= 0.6 is 11.8 Å². The second-order valence-electron chi connectivity index (χ2n) is 23.9. The Labute approximate surface area is 525 Å². The molecule has 12 amide bonds. The van der Waals surface area contributed by atoms with Gasteiger partial charge in [0.25, 0.3) is 0 Å². The average Bonchev–Trinajstić information content (AvgIpc) is 3.52. The molecule has 1 rings (SSSR count). The van der Waals surface area contributed by atoms with Gasteiger partial charge in [-0.3, -0.25) is 62.3 Å². The van der Waals surface area contributed by atoms with Gasteiger partial charge in [-0.2, -0.15) is 11.8 Å². The van der Waals surface area contributed by atoms with E-state index in [0.29, 0.717) is 11.3 Å². The van der Waals surface area contributed by atoms with Crippen LogP contribution in [0, 0.1) is 23.7 Å². The summed E-state index contributed by atoms with van der Waals surface area (Å²) in [5.74, 6) is -11.2. The van der Waals surface area contributed by atoms with Crippen LogP contribution in [0.4, 0.5) is 0 Å². The van der Waals surface area contributed by atoms with E-state index in [9.17, 15) is 77.6 Å². The number of aliphatic hydroxyl groups is 2. The minimum Gasteiger partial charge on any atom is -0.480 e. The number of amides is 12. The molecule has 0 spiro atoms. The fourth-order valence-electron chi connectivity index (χ4n) is 8.60. The Kier molecular flexibility index (Phi) is 36.0. The molecule has 0 bridgehead atoms. The van der Waals surface area contributed by atoms with E-state index < -0.39 is 169 Å². The standard InChI is InChI=1S/C59H99N13O16S/c1-29(2)22-41(66-46(75)27-61-48(76)33(9)63-54(82)42(23-30(3)4)69-52(80)40(20-21-89-14)67-58(86)47(37(13)74)72-51(79)39(60)28-73)53(81)64-34(10)49(77)62-35(11)50(78)68-44(25-32(7)8)56(84)71-45(26-38-18-16-15-17-19-38)57(85)70-43(24-31(5)6)55(83)65-36(12)59(87)88/h15-19,29-37,39-45,47,73-74H,20-28,60H2,1-14H3,(H,61,76)(H,62,77)(H,63,82)(H,64,81)(H,65,83)(H,66,75)(H,67,86)(H,68,78)(H,69,80)(H,70,85)(H,71,84)(H,72,79)(H,87,88)/t33-,34-,35-,36-,37+,39-,40-,41-,42-,43-,44-,45-,47-/m0/s1. The van der Waals surface area contributed by atoms with Gasteiger partial charge in [0, 0.05) is 6.42 Å². The van der Waals surface area contributed by atoms with Gasteiger partial charge in [0.1, 0.15) is 72.5 Å². The minimum absolute atomic E-state index is 0.0266. The fraction of sp³-hybridized carbons (Fsp3) is 0.678. The number of benzene rings is 1. The maximum atomic E-state index is 14.1. The van der Waals surface area contributed by atoms with Crippen LogP contribution < -0.4 is 69.5 Å². The molecule has 0 aliphatic rings. The molecule has 502 valence electrons. The molecule has 0 heterocycles. The molecule has 0 aliphatic heterocycles. The number of hydrogen-bond acceptors (Lipinski definition) is 17. The lowest BCUT2D eigenvalue weighted by molar-refractivity contribution is -0.142. The largest absolute Gasteiger partial charge is 0.480 e. The van der Waals surface area contributed by atoms with Crippen molar-refractivity contribution in [3.8, 4) is 0 Å². The van der Waals surface area contributed by atoms with Crippen molar-refractivity contribution in [2.45, 2.75) is 207 Å². The van der Waals surface area contributed by atoms with Crippen LogP contribution in [-0.4, -0.2) is 196 Å². The molecule has 0 aromatic heterocycles. The van der Waals surface area contributed by atoms with Gasteiger partial charge in [0.05, 0.1) is 19.3 Å². The van der Waals surface area contributed by atoms with Gasteiger partial charge in [0.2, 0.25) is 70.9 Å². The van der Waals surface area contributed by atoms with Crippen LogP contribution in [0.25, 0.3) is 0 Å². The lowest BCUT2D eigenvalue weighted by Gasteiger charge is -2.28. The lowest BCUT2D eigenvalue weighted by Crippen LogP contribution is -2.61. The molecule has 0 fully saturated rings. The molecular formula is C59H99N13O16S. The molecule has 1 aromatic carbocycles. The van der Waals surface area contributed by atoms with E-state index in [2.05, 4.69) is 63.8 Å². The van der Waals surface area contributed by atoms with Gasteiger partial charge in [-0.25, -0.2) is 0 Å². The van der Waals surface area contributed by atoms with Gasteiger partial charge < -0.3 is 84.9 Å². The van der Waals surface area contributed by atoms with Gasteiger partial charge >= 0.3 is 5.97 Å². The number of rotatable bonds is 40. The Morgan fingerprint density at radius 3 is 1.22 bits per heavy atom. The minimum atomic E-state index is -1.56. The van der Waals surface area contributed by atoms with E-state index in [-0.39, 0.29) is 62.2 Å². The van der Waals surface area contributed by atoms with Crippen LogP contribution in [0.2, 0.25) is 0 Å². The number of nitrogens with one attached hydrogen (secondary N) is 12. The molecule has 30 heteroatoms. The number of nitrogens with two attached hydrogens (primary N) is 1. The first-order chi connectivity index (χ1) is 41.5. The van der Waals surface area contributed by atoms with E-state index in [0.717, 1.165) is 0 Å². The van der Waals surface area contributed by atoms with Gasteiger partial charge in [-0.05, 0) is 108 Å². The Morgan fingerprint density at radius 1 is 0.438 bits per heavy atom. The van der Waals surface area contributed by atoms with Gasteiger partial charge in [-0.15, -0.1) is 0 Å². The zero-order valence-electron chi connectivity index (χ0n) is 53.7. The third kappa shape index (κ3) is 30.6. The summed E-state index contributed by atoms with van der Waals surface area (Å²) in [5, 5.41) is 59.2. The van der Waals surface area contributed by atoms with Crippen molar-refractivity contribution < 1.29 is 77.6 Å². The molecular weight excluding hydrogens is 1180 g/mol. The van der Waals surface area contributed by atoms with Crippen LogP contribution in [0.3, 0.4) is 0 Å². The topological polar surface area (TPSA) is 453 Å². The molecule has 0 radical (unpaired) electrons. The van der Waals surface area contributed by atoms with Gasteiger partial charge in [0.15, 0.2) is 0 Å². The van der Waals surface area contributed by atoms with Crippen LogP contribution in [0.5, 0.6) is 0 Å². The maximum absolute atomic E-state index is 14.1. The number of hydrogen-bond donors (Lipinski definition) is 16. The van der Waals surface area contributed by atoms with Crippen molar-refractivity contribution in [3.05, 3.63) is 35.9 Å².